The Morgan fingerprint density at radius 3 is 2.35 bits per heavy atom. The number of benzene rings is 2. The third kappa shape index (κ3) is 7.79. The minimum absolute atomic E-state index is 0.0922. The molecule has 1 aliphatic rings. The van der Waals surface area contributed by atoms with Gasteiger partial charge in [-0.3, -0.25) is 14.0 Å². The molecule has 5 aromatic rings. The molecule has 0 spiro atoms. The highest BCUT2D eigenvalue weighted by molar-refractivity contribution is 6.39. The van der Waals surface area contributed by atoms with Gasteiger partial charge in [-0.05, 0) is 44.0 Å². The van der Waals surface area contributed by atoms with Crippen molar-refractivity contribution >= 4 is 34.8 Å². The second-order valence-electron chi connectivity index (χ2n) is 12.8. The largest absolute Gasteiger partial charge is 0.481 e. The van der Waals surface area contributed by atoms with E-state index in [4.69, 9.17) is 32.9 Å². The topological polar surface area (TPSA) is 130 Å². The van der Waals surface area contributed by atoms with E-state index in [1.165, 1.54) is 4.40 Å². The molecular weight excluding hydrogens is 663 g/mol. The van der Waals surface area contributed by atoms with Crippen molar-refractivity contribution in [3.63, 3.8) is 0 Å². The number of pyridine rings is 2. The lowest BCUT2D eigenvalue weighted by atomic mass is 9.97. The number of nitrogens with zero attached hydrogens (tertiary/aromatic N) is 3. The molecule has 0 radical (unpaired) electrons. The Kier molecular flexibility index (Phi) is 10.3. The molecule has 4 N–H and O–H groups in total. The Hall–Kier alpha value is -4.32. The summed E-state index contributed by atoms with van der Waals surface area (Å²) in [5.41, 5.74) is 5.24. The van der Waals surface area contributed by atoms with E-state index in [2.05, 4.69) is 20.9 Å². The minimum atomic E-state index is -0.889. The molecule has 1 atom stereocenters. The van der Waals surface area contributed by atoms with Crippen molar-refractivity contribution in [2.24, 2.45) is 0 Å². The van der Waals surface area contributed by atoms with Crippen LogP contribution in [0.4, 0.5) is 0 Å². The maximum atomic E-state index is 13.1. The van der Waals surface area contributed by atoms with Gasteiger partial charge in [-0.2, -0.15) is 0 Å². The molecule has 0 bridgehead atoms. The first kappa shape index (κ1) is 34.5. The summed E-state index contributed by atoms with van der Waals surface area (Å²) in [7, 11) is 1.59. The molecule has 10 nitrogen and oxygen atoms in total. The van der Waals surface area contributed by atoms with Crippen LogP contribution in [0.5, 0.6) is 5.88 Å². The zero-order valence-corrected chi connectivity index (χ0v) is 29.0. The third-order valence-electron chi connectivity index (χ3n) is 8.45. The molecule has 1 aliphatic heterocycles. The zero-order valence-electron chi connectivity index (χ0n) is 27.5. The van der Waals surface area contributed by atoms with E-state index in [0.717, 1.165) is 39.8 Å². The normalized spacial score (nSPS) is 14.7. The lowest BCUT2D eigenvalue weighted by molar-refractivity contribution is -0.119. The highest BCUT2D eigenvalue weighted by atomic mass is 35.5. The van der Waals surface area contributed by atoms with Gasteiger partial charge in [0.1, 0.15) is 5.65 Å². The van der Waals surface area contributed by atoms with Crippen molar-refractivity contribution in [2.45, 2.75) is 51.4 Å². The number of carbonyl (C=O) groups is 1. The molecular formula is C37H38Cl2N6O4. The van der Waals surface area contributed by atoms with Crippen LogP contribution < -0.4 is 26.2 Å². The highest BCUT2D eigenvalue weighted by Crippen LogP contribution is 2.42. The van der Waals surface area contributed by atoms with Gasteiger partial charge in [0, 0.05) is 84.4 Å². The summed E-state index contributed by atoms with van der Waals surface area (Å²) in [4.78, 5) is 33.9. The van der Waals surface area contributed by atoms with Crippen LogP contribution >= 0.6 is 23.2 Å². The first-order chi connectivity index (χ1) is 23.5. The molecule has 6 rings (SSSR count). The van der Waals surface area contributed by atoms with Crippen molar-refractivity contribution in [2.75, 3.05) is 20.2 Å². The average molecular weight is 702 g/mol. The molecule has 0 saturated carbocycles. The number of methoxy groups -OCH3 is 1. The highest BCUT2D eigenvalue weighted by Gasteiger charge is 2.21. The summed E-state index contributed by atoms with van der Waals surface area (Å²) in [6.07, 6.45) is 4.65. The predicted molar refractivity (Wildman–Crippen MR) is 193 cm³/mol. The molecule has 2 aromatic carbocycles. The van der Waals surface area contributed by atoms with E-state index in [1.54, 1.807) is 33.4 Å². The Morgan fingerprint density at radius 2 is 1.65 bits per heavy atom. The fourth-order valence-corrected chi connectivity index (χ4v) is 6.61. The van der Waals surface area contributed by atoms with E-state index in [0.29, 0.717) is 65.4 Å². The number of hydrogen-bond acceptors (Lipinski definition) is 8. The van der Waals surface area contributed by atoms with Crippen molar-refractivity contribution in [3.05, 3.63) is 105 Å². The number of ether oxygens (including phenoxy) is 1. The van der Waals surface area contributed by atoms with E-state index in [-0.39, 0.29) is 17.5 Å². The first-order valence-electron chi connectivity index (χ1n) is 16.1. The van der Waals surface area contributed by atoms with E-state index < -0.39 is 5.60 Å². The summed E-state index contributed by atoms with van der Waals surface area (Å²) < 4.78 is 7.14. The molecule has 12 heteroatoms. The quantitative estimate of drug-likeness (QED) is 0.132. The van der Waals surface area contributed by atoms with E-state index in [1.807, 2.05) is 60.7 Å². The minimum Gasteiger partial charge on any atom is -0.481 e. The number of amides is 1. The van der Waals surface area contributed by atoms with Gasteiger partial charge in [0.25, 0.3) is 5.56 Å². The first-order valence-corrected chi connectivity index (χ1v) is 16.8. The van der Waals surface area contributed by atoms with Crippen LogP contribution in [0.15, 0.2) is 77.9 Å². The Balaban J connectivity index is 1.25. The van der Waals surface area contributed by atoms with Crippen LogP contribution in [0, 0.1) is 0 Å². The van der Waals surface area contributed by atoms with Crippen LogP contribution in [-0.4, -0.2) is 57.2 Å². The van der Waals surface area contributed by atoms with Crippen molar-refractivity contribution in [1.29, 1.82) is 0 Å². The lowest BCUT2D eigenvalue weighted by Crippen LogP contribution is -2.35. The number of fused-ring (bicyclic) bond motifs is 1. The van der Waals surface area contributed by atoms with Gasteiger partial charge in [0.05, 0.1) is 28.5 Å². The van der Waals surface area contributed by atoms with Crippen LogP contribution in [0.25, 0.3) is 39.2 Å². The second-order valence-corrected chi connectivity index (χ2v) is 13.5. The molecule has 49 heavy (non-hydrogen) atoms. The Morgan fingerprint density at radius 1 is 0.959 bits per heavy atom. The monoisotopic (exact) mass is 700 g/mol. The Bertz CT molecular complexity index is 2080. The van der Waals surface area contributed by atoms with Crippen LogP contribution in [-0.2, 0) is 17.9 Å². The number of hydrogen-bond donors (Lipinski definition) is 4. The predicted octanol–water partition coefficient (Wildman–Crippen LogP) is 5.63. The average Bonchev–Trinajstić information content (AvgIpc) is 3.50. The van der Waals surface area contributed by atoms with Crippen molar-refractivity contribution in [1.82, 2.24) is 30.3 Å². The number of aromatic nitrogens is 3. The molecule has 1 fully saturated rings. The van der Waals surface area contributed by atoms with Gasteiger partial charge in [0.15, 0.2) is 0 Å². The molecule has 0 aliphatic carbocycles. The number of aliphatic hydroxyl groups is 1. The van der Waals surface area contributed by atoms with Crippen LogP contribution in [0.3, 0.4) is 0 Å². The molecule has 1 amide bonds. The van der Waals surface area contributed by atoms with Crippen molar-refractivity contribution in [3.8, 4) is 39.4 Å². The van der Waals surface area contributed by atoms with Gasteiger partial charge < -0.3 is 25.8 Å². The zero-order chi connectivity index (χ0) is 34.7. The standard InChI is InChI=1S/C37H38Cl2N6O4/c1-37(2,48)21-41-18-24-19-42-31-16-22(14-15-45(31)36(24)47)26-6-4-7-27(33(26)38)28-8-5-9-29(34(28)39)30-12-10-23(35(44-30)49-3)17-40-20-25-11-13-32(46)43-25/h4-10,12,14-16,19,25,40-41,48H,11,13,17-18,20-21H2,1-3H3,(H,43,46). The molecule has 4 heterocycles. The number of carbonyl (C=O) groups excluding carboxylic acids is 1. The summed E-state index contributed by atoms with van der Waals surface area (Å²) in [5, 5.41) is 20.4. The van der Waals surface area contributed by atoms with Gasteiger partial charge in [-0.25, -0.2) is 9.97 Å². The number of halogens is 2. The van der Waals surface area contributed by atoms with Gasteiger partial charge in [-0.15, -0.1) is 0 Å². The molecule has 254 valence electrons. The van der Waals surface area contributed by atoms with Gasteiger partial charge in [-0.1, -0.05) is 65.7 Å². The summed E-state index contributed by atoms with van der Waals surface area (Å²) in [6.45, 7) is 5.25. The molecule has 1 saturated heterocycles. The summed E-state index contributed by atoms with van der Waals surface area (Å²) in [6, 6.07) is 19.2. The summed E-state index contributed by atoms with van der Waals surface area (Å²) >= 11 is 14.1. The van der Waals surface area contributed by atoms with Crippen molar-refractivity contribution < 1.29 is 14.6 Å². The number of nitrogens with one attached hydrogen (secondary N) is 3. The lowest BCUT2D eigenvalue weighted by Gasteiger charge is -2.17. The van der Waals surface area contributed by atoms with E-state index in [9.17, 15) is 14.7 Å². The van der Waals surface area contributed by atoms with Crippen LogP contribution in [0.2, 0.25) is 10.0 Å². The smallest absolute Gasteiger partial charge is 0.262 e. The van der Waals surface area contributed by atoms with Gasteiger partial charge in [0.2, 0.25) is 11.8 Å². The number of rotatable bonds is 12. The molecule has 1 unspecified atom stereocenters. The summed E-state index contributed by atoms with van der Waals surface area (Å²) in [5.74, 6) is 0.582. The maximum absolute atomic E-state index is 13.1. The SMILES string of the molecule is COc1nc(-c2cccc(-c3cccc(-c4ccn5c(=O)c(CNCC(C)(C)O)cnc5c4)c3Cl)c2Cl)ccc1CNCC1CCC(=O)N1. The fourth-order valence-electron chi connectivity index (χ4n) is 5.95. The maximum Gasteiger partial charge on any atom is 0.262 e. The van der Waals surface area contributed by atoms with E-state index >= 15 is 0 Å². The second kappa shape index (κ2) is 14.7. The molecule has 3 aromatic heterocycles. The third-order valence-corrected chi connectivity index (χ3v) is 9.27. The fraction of sp³-hybridized carbons (Fsp3) is 0.297. The van der Waals surface area contributed by atoms with Gasteiger partial charge >= 0.3 is 0 Å². The Labute approximate surface area is 294 Å². The van der Waals surface area contributed by atoms with Crippen LogP contribution in [0.1, 0.15) is 37.8 Å².